The number of piperazine rings is 1. The summed E-state index contributed by atoms with van der Waals surface area (Å²) in [5, 5.41) is 0. The van der Waals surface area contributed by atoms with Gasteiger partial charge in [0.05, 0.1) is 5.57 Å². The number of hydrogen-bond acceptors (Lipinski definition) is 5. The average molecular weight is 402 g/mol. The number of hydrogen-bond donors (Lipinski definition) is 0. The van der Waals surface area contributed by atoms with E-state index in [0.29, 0.717) is 24.4 Å². The molecular weight excluding hydrogens is 376 g/mol. The first-order valence-corrected chi connectivity index (χ1v) is 10.2. The number of nitrogens with zero attached hydrogens (tertiary/aromatic N) is 4. The molecule has 0 atom stereocenters. The van der Waals surface area contributed by atoms with Crippen molar-refractivity contribution in [2.24, 2.45) is 0 Å². The SMILES string of the molecule is C=CCN1C(=O)C(c2ccc(C)c(C)c2)=C(N2CCN(c3ccccn3)CC2)C1=O. The van der Waals surface area contributed by atoms with E-state index in [-0.39, 0.29) is 18.4 Å². The predicted octanol–water partition coefficient (Wildman–Crippen LogP) is 2.79. The first-order chi connectivity index (χ1) is 14.5. The molecular formula is C24H26N4O2. The standard InChI is InChI=1S/C24H26N4O2/c1-4-11-28-23(29)21(19-9-8-17(2)18(3)16-19)22(24(28)30)27-14-12-26(13-15-27)20-7-5-6-10-25-20/h4-10,16H,1,11-15H2,2-3H3. The first-order valence-electron chi connectivity index (χ1n) is 10.2. The van der Waals surface area contributed by atoms with Crippen LogP contribution < -0.4 is 4.90 Å². The molecule has 1 aromatic heterocycles. The Balaban J connectivity index is 1.67. The molecule has 3 heterocycles. The van der Waals surface area contributed by atoms with Crippen LogP contribution in [-0.4, -0.2) is 59.3 Å². The molecule has 30 heavy (non-hydrogen) atoms. The van der Waals surface area contributed by atoms with Gasteiger partial charge in [-0.2, -0.15) is 0 Å². The van der Waals surface area contributed by atoms with Crippen LogP contribution in [-0.2, 0) is 9.59 Å². The minimum Gasteiger partial charge on any atom is -0.363 e. The van der Waals surface area contributed by atoms with Crippen molar-refractivity contribution in [1.29, 1.82) is 0 Å². The van der Waals surface area contributed by atoms with Gasteiger partial charge in [0.25, 0.3) is 11.8 Å². The molecule has 2 amide bonds. The van der Waals surface area contributed by atoms with Gasteiger partial charge in [0.2, 0.25) is 0 Å². The highest BCUT2D eigenvalue weighted by Crippen LogP contribution is 2.33. The Kier molecular flexibility index (Phi) is 5.40. The topological polar surface area (TPSA) is 56.8 Å². The fourth-order valence-corrected chi connectivity index (χ4v) is 4.01. The van der Waals surface area contributed by atoms with E-state index in [0.717, 1.165) is 35.6 Å². The number of rotatable bonds is 5. The van der Waals surface area contributed by atoms with Crippen molar-refractivity contribution in [2.75, 3.05) is 37.6 Å². The molecule has 0 unspecified atom stereocenters. The van der Waals surface area contributed by atoms with E-state index in [9.17, 15) is 9.59 Å². The maximum absolute atomic E-state index is 13.2. The first kappa shape index (κ1) is 19.9. The molecule has 0 bridgehead atoms. The fourth-order valence-electron chi connectivity index (χ4n) is 4.01. The summed E-state index contributed by atoms with van der Waals surface area (Å²) >= 11 is 0. The Bertz CT molecular complexity index is 1020. The zero-order chi connectivity index (χ0) is 21.3. The highest BCUT2D eigenvalue weighted by Gasteiger charge is 2.41. The van der Waals surface area contributed by atoms with Gasteiger partial charge in [-0.15, -0.1) is 6.58 Å². The number of imide groups is 1. The third-order valence-electron chi connectivity index (χ3n) is 5.82. The lowest BCUT2D eigenvalue weighted by atomic mass is 9.99. The monoisotopic (exact) mass is 402 g/mol. The van der Waals surface area contributed by atoms with E-state index in [1.54, 1.807) is 12.3 Å². The summed E-state index contributed by atoms with van der Waals surface area (Å²) in [6.07, 6.45) is 3.38. The molecule has 6 nitrogen and oxygen atoms in total. The van der Waals surface area contributed by atoms with Gasteiger partial charge in [-0.3, -0.25) is 14.5 Å². The molecule has 2 aromatic rings. The van der Waals surface area contributed by atoms with Crippen LogP contribution in [0, 0.1) is 13.8 Å². The van der Waals surface area contributed by atoms with Crippen LogP contribution in [0.5, 0.6) is 0 Å². The lowest BCUT2D eigenvalue weighted by Crippen LogP contribution is -2.47. The Labute approximate surface area is 177 Å². The number of carbonyl (C=O) groups is 2. The summed E-state index contributed by atoms with van der Waals surface area (Å²) in [6, 6.07) is 11.8. The maximum Gasteiger partial charge on any atom is 0.278 e. The van der Waals surface area contributed by atoms with Gasteiger partial charge in [-0.05, 0) is 42.7 Å². The van der Waals surface area contributed by atoms with Crippen LogP contribution in [0.3, 0.4) is 0 Å². The third-order valence-corrected chi connectivity index (χ3v) is 5.82. The largest absolute Gasteiger partial charge is 0.363 e. The third kappa shape index (κ3) is 3.49. The fraction of sp³-hybridized carbons (Fsp3) is 0.292. The number of aromatic nitrogens is 1. The Morgan fingerprint density at radius 1 is 0.967 bits per heavy atom. The minimum atomic E-state index is -0.245. The predicted molar refractivity (Wildman–Crippen MR) is 118 cm³/mol. The van der Waals surface area contributed by atoms with E-state index >= 15 is 0 Å². The van der Waals surface area contributed by atoms with Gasteiger partial charge in [0.15, 0.2) is 0 Å². The van der Waals surface area contributed by atoms with Crippen molar-refractivity contribution in [1.82, 2.24) is 14.8 Å². The summed E-state index contributed by atoms with van der Waals surface area (Å²) in [5.41, 5.74) is 4.05. The normalized spacial score (nSPS) is 17.2. The molecule has 2 aliphatic rings. The van der Waals surface area contributed by atoms with Gasteiger partial charge in [-0.25, -0.2) is 4.98 Å². The number of pyridine rings is 1. The lowest BCUT2D eigenvalue weighted by molar-refractivity contribution is -0.136. The second-order valence-electron chi connectivity index (χ2n) is 7.69. The van der Waals surface area contributed by atoms with Gasteiger partial charge >= 0.3 is 0 Å². The van der Waals surface area contributed by atoms with Crippen LogP contribution in [0.25, 0.3) is 5.57 Å². The number of amides is 2. The molecule has 0 radical (unpaired) electrons. The quantitative estimate of drug-likeness (QED) is 0.569. The van der Waals surface area contributed by atoms with E-state index < -0.39 is 0 Å². The molecule has 0 aliphatic carbocycles. The Hall–Kier alpha value is -3.41. The van der Waals surface area contributed by atoms with Crippen molar-refractivity contribution in [3.8, 4) is 0 Å². The van der Waals surface area contributed by atoms with E-state index in [1.165, 1.54) is 4.90 Å². The molecule has 0 N–H and O–H groups in total. The van der Waals surface area contributed by atoms with Crippen molar-refractivity contribution >= 4 is 23.2 Å². The van der Waals surface area contributed by atoms with E-state index in [2.05, 4.69) is 16.5 Å². The number of aryl methyl sites for hydroxylation is 2. The Morgan fingerprint density at radius 3 is 2.33 bits per heavy atom. The van der Waals surface area contributed by atoms with Crippen LogP contribution in [0.15, 0.2) is 60.9 Å². The maximum atomic E-state index is 13.2. The summed E-state index contributed by atoms with van der Waals surface area (Å²) in [7, 11) is 0. The zero-order valence-corrected chi connectivity index (χ0v) is 17.5. The van der Waals surface area contributed by atoms with Crippen LogP contribution in [0.2, 0.25) is 0 Å². The molecule has 1 aromatic carbocycles. The minimum absolute atomic E-state index is 0.212. The van der Waals surface area contributed by atoms with Crippen molar-refractivity contribution in [2.45, 2.75) is 13.8 Å². The highest BCUT2D eigenvalue weighted by atomic mass is 16.2. The summed E-state index contributed by atoms with van der Waals surface area (Å²) in [6.45, 7) is 10.8. The summed E-state index contributed by atoms with van der Waals surface area (Å²) in [4.78, 5) is 36.4. The lowest BCUT2D eigenvalue weighted by Gasteiger charge is -2.37. The van der Waals surface area contributed by atoms with Crippen molar-refractivity contribution in [3.05, 3.63) is 77.6 Å². The van der Waals surface area contributed by atoms with Gasteiger partial charge in [0.1, 0.15) is 11.5 Å². The number of benzene rings is 1. The molecule has 1 saturated heterocycles. The van der Waals surface area contributed by atoms with Crippen LogP contribution in [0.1, 0.15) is 16.7 Å². The molecule has 0 spiro atoms. The smallest absolute Gasteiger partial charge is 0.278 e. The Morgan fingerprint density at radius 2 is 1.70 bits per heavy atom. The molecule has 4 rings (SSSR count). The zero-order valence-electron chi connectivity index (χ0n) is 17.5. The van der Waals surface area contributed by atoms with Crippen molar-refractivity contribution in [3.63, 3.8) is 0 Å². The van der Waals surface area contributed by atoms with Gasteiger partial charge in [-0.1, -0.05) is 30.3 Å². The molecule has 6 heteroatoms. The molecule has 1 fully saturated rings. The van der Waals surface area contributed by atoms with Crippen molar-refractivity contribution < 1.29 is 9.59 Å². The molecule has 154 valence electrons. The second kappa shape index (κ2) is 8.14. The van der Waals surface area contributed by atoms with Gasteiger partial charge < -0.3 is 9.80 Å². The number of carbonyl (C=O) groups excluding carboxylic acids is 2. The summed E-state index contributed by atoms with van der Waals surface area (Å²) in [5.74, 6) is 0.451. The summed E-state index contributed by atoms with van der Waals surface area (Å²) < 4.78 is 0. The second-order valence-corrected chi connectivity index (χ2v) is 7.69. The highest BCUT2D eigenvalue weighted by molar-refractivity contribution is 6.35. The average Bonchev–Trinajstić information content (AvgIpc) is 3.01. The number of anilines is 1. The van der Waals surface area contributed by atoms with Crippen LogP contribution in [0.4, 0.5) is 5.82 Å². The van der Waals surface area contributed by atoms with Gasteiger partial charge in [0, 0.05) is 38.9 Å². The molecule has 0 saturated carbocycles. The van der Waals surface area contributed by atoms with Crippen LogP contribution >= 0.6 is 0 Å². The molecule has 2 aliphatic heterocycles. The van der Waals surface area contributed by atoms with E-state index in [4.69, 9.17) is 0 Å². The van der Waals surface area contributed by atoms with E-state index in [1.807, 2.05) is 55.1 Å².